The Morgan fingerprint density at radius 1 is 1.00 bits per heavy atom. The molecule has 3 rings (SSSR count). The van der Waals surface area contributed by atoms with Gasteiger partial charge in [-0.15, -0.1) is 0 Å². The molecule has 0 fully saturated rings. The summed E-state index contributed by atoms with van der Waals surface area (Å²) in [4.78, 5) is 0. The standard InChI is InChI=1S/C17H16O2/c1-2-14-9-6-10-15-17(14)19-16(18-15)12-11-13-7-4-3-5-8-13/h3-12,16H,2H2,1H3. The maximum atomic E-state index is 5.84. The van der Waals surface area contributed by atoms with E-state index in [-0.39, 0.29) is 6.29 Å². The lowest BCUT2D eigenvalue weighted by atomic mass is 10.1. The predicted molar refractivity (Wildman–Crippen MR) is 76.3 cm³/mol. The highest BCUT2D eigenvalue weighted by Crippen LogP contribution is 2.38. The number of hydrogen-bond acceptors (Lipinski definition) is 2. The first kappa shape index (κ1) is 11.8. The molecule has 0 bridgehead atoms. The highest BCUT2D eigenvalue weighted by Gasteiger charge is 2.23. The zero-order valence-electron chi connectivity index (χ0n) is 10.9. The number of benzene rings is 2. The summed E-state index contributed by atoms with van der Waals surface area (Å²) >= 11 is 0. The Morgan fingerprint density at radius 2 is 1.84 bits per heavy atom. The van der Waals surface area contributed by atoms with Crippen molar-refractivity contribution in [3.63, 3.8) is 0 Å². The van der Waals surface area contributed by atoms with E-state index < -0.39 is 0 Å². The summed E-state index contributed by atoms with van der Waals surface area (Å²) in [7, 11) is 0. The fourth-order valence-electron chi connectivity index (χ4n) is 2.16. The van der Waals surface area contributed by atoms with Crippen molar-refractivity contribution >= 4 is 6.08 Å². The van der Waals surface area contributed by atoms with E-state index in [2.05, 4.69) is 25.1 Å². The second-order valence-corrected chi connectivity index (χ2v) is 4.47. The molecule has 0 saturated heterocycles. The van der Waals surface area contributed by atoms with E-state index in [1.165, 1.54) is 5.56 Å². The van der Waals surface area contributed by atoms with Gasteiger partial charge in [-0.05, 0) is 29.7 Å². The third-order valence-electron chi connectivity index (χ3n) is 3.16. The van der Waals surface area contributed by atoms with Crippen LogP contribution in [0.3, 0.4) is 0 Å². The topological polar surface area (TPSA) is 18.5 Å². The SMILES string of the molecule is CCc1cccc2c1OC(C=Cc1ccccc1)O2. The van der Waals surface area contributed by atoms with Gasteiger partial charge in [0.25, 0.3) is 6.29 Å². The van der Waals surface area contributed by atoms with Crippen molar-refractivity contribution in [3.05, 3.63) is 65.7 Å². The first-order chi connectivity index (χ1) is 9.36. The molecule has 96 valence electrons. The Bertz CT molecular complexity index is 587. The summed E-state index contributed by atoms with van der Waals surface area (Å²) < 4.78 is 11.6. The molecule has 2 heteroatoms. The molecule has 0 radical (unpaired) electrons. The van der Waals surface area contributed by atoms with Crippen LogP contribution in [-0.4, -0.2) is 6.29 Å². The van der Waals surface area contributed by atoms with Gasteiger partial charge in [0.05, 0.1) is 0 Å². The van der Waals surface area contributed by atoms with Gasteiger partial charge in [0.15, 0.2) is 11.5 Å². The van der Waals surface area contributed by atoms with E-state index in [0.29, 0.717) is 0 Å². The van der Waals surface area contributed by atoms with Crippen molar-refractivity contribution in [2.45, 2.75) is 19.6 Å². The van der Waals surface area contributed by atoms with Gasteiger partial charge in [0.2, 0.25) is 0 Å². The summed E-state index contributed by atoms with van der Waals surface area (Å²) in [6.45, 7) is 2.12. The first-order valence-corrected chi connectivity index (χ1v) is 6.55. The maximum Gasteiger partial charge on any atom is 0.261 e. The largest absolute Gasteiger partial charge is 0.447 e. The van der Waals surface area contributed by atoms with Crippen LogP contribution < -0.4 is 9.47 Å². The van der Waals surface area contributed by atoms with Gasteiger partial charge in [-0.25, -0.2) is 0 Å². The summed E-state index contributed by atoms with van der Waals surface area (Å²) in [5, 5.41) is 0. The molecule has 0 saturated carbocycles. The lowest BCUT2D eigenvalue weighted by Gasteiger charge is -2.05. The van der Waals surface area contributed by atoms with Crippen LogP contribution in [0, 0.1) is 0 Å². The first-order valence-electron chi connectivity index (χ1n) is 6.55. The Morgan fingerprint density at radius 3 is 2.63 bits per heavy atom. The Kier molecular flexibility index (Phi) is 3.23. The van der Waals surface area contributed by atoms with E-state index in [1.54, 1.807) is 0 Å². The van der Waals surface area contributed by atoms with Crippen LogP contribution in [-0.2, 0) is 6.42 Å². The molecule has 0 N–H and O–H groups in total. The Hall–Kier alpha value is -2.22. The van der Waals surface area contributed by atoms with Crippen molar-refractivity contribution in [1.82, 2.24) is 0 Å². The van der Waals surface area contributed by atoms with Gasteiger partial charge in [-0.2, -0.15) is 0 Å². The van der Waals surface area contributed by atoms with E-state index >= 15 is 0 Å². The fourth-order valence-corrected chi connectivity index (χ4v) is 2.16. The van der Waals surface area contributed by atoms with Crippen molar-refractivity contribution in [1.29, 1.82) is 0 Å². The zero-order chi connectivity index (χ0) is 13.1. The van der Waals surface area contributed by atoms with Crippen LogP contribution in [0.2, 0.25) is 0 Å². The highest BCUT2D eigenvalue weighted by atomic mass is 16.7. The fraction of sp³-hybridized carbons (Fsp3) is 0.176. The van der Waals surface area contributed by atoms with Crippen molar-refractivity contribution in [3.8, 4) is 11.5 Å². The third kappa shape index (κ3) is 2.48. The van der Waals surface area contributed by atoms with Gasteiger partial charge in [0, 0.05) is 0 Å². The maximum absolute atomic E-state index is 5.84. The molecule has 0 amide bonds. The summed E-state index contributed by atoms with van der Waals surface area (Å²) in [5.74, 6) is 1.72. The number of para-hydroxylation sites is 1. The van der Waals surface area contributed by atoms with Crippen LogP contribution in [0.1, 0.15) is 18.1 Å². The Balaban J connectivity index is 1.76. The smallest absolute Gasteiger partial charge is 0.261 e. The Labute approximate surface area is 113 Å². The van der Waals surface area contributed by atoms with Crippen LogP contribution in [0.5, 0.6) is 11.5 Å². The summed E-state index contributed by atoms with van der Waals surface area (Å²) in [6, 6.07) is 16.2. The van der Waals surface area contributed by atoms with Crippen LogP contribution in [0.25, 0.3) is 6.08 Å². The summed E-state index contributed by atoms with van der Waals surface area (Å²) in [6.07, 6.45) is 4.57. The molecule has 2 aromatic carbocycles. The van der Waals surface area contributed by atoms with Gasteiger partial charge >= 0.3 is 0 Å². The quantitative estimate of drug-likeness (QED) is 0.820. The molecular formula is C17H16O2. The molecule has 1 atom stereocenters. The number of fused-ring (bicyclic) bond motifs is 1. The monoisotopic (exact) mass is 252 g/mol. The van der Waals surface area contributed by atoms with E-state index in [0.717, 1.165) is 23.5 Å². The van der Waals surface area contributed by atoms with Crippen molar-refractivity contribution < 1.29 is 9.47 Å². The van der Waals surface area contributed by atoms with Crippen LogP contribution >= 0.6 is 0 Å². The average Bonchev–Trinajstić information content (AvgIpc) is 2.89. The van der Waals surface area contributed by atoms with Gasteiger partial charge in [0.1, 0.15) is 0 Å². The molecular weight excluding hydrogens is 236 g/mol. The number of hydrogen-bond donors (Lipinski definition) is 0. The molecule has 1 heterocycles. The number of aryl methyl sites for hydroxylation is 1. The molecule has 19 heavy (non-hydrogen) atoms. The summed E-state index contributed by atoms with van der Waals surface area (Å²) in [5.41, 5.74) is 2.33. The van der Waals surface area contributed by atoms with E-state index in [4.69, 9.17) is 9.47 Å². The van der Waals surface area contributed by atoms with Gasteiger partial charge in [-0.3, -0.25) is 0 Å². The minimum Gasteiger partial charge on any atom is -0.447 e. The molecule has 1 unspecified atom stereocenters. The third-order valence-corrected chi connectivity index (χ3v) is 3.16. The van der Waals surface area contributed by atoms with E-state index in [1.807, 2.05) is 42.5 Å². The molecule has 0 aromatic heterocycles. The lowest BCUT2D eigenvalue weighted by molar-refractivity contribution is 0.0954. The van der Waals surface area contributed by atoms with Gasteiger partial charge < -0.3 is 9.47 Å². The number of ether oxygens (including phenoxy) is 2. The van der Waals surface area contributed by atoms with Crippen LogP contribution in [0.15, 0.2) is 54.6 Å². The lowest BCUT2D eigenvalue weighted by Crippen LogP contribution is -2.14. The van der Waals surface area contributed by atoms with E-state index in [9.17, 15) is 0 Å². The highest BCUT2D eigenvalue weighted by molar-refractivity contribution is 5.52. The second-order valence-electron chi connectivity index (χ2n) is 4.47. The van der Waals surface area contributed by atoms with Crippen LogP contribution in [0.4, 0.5) is 0 Å². The zero-order valence-corrected chi connectivity index (χ0v) is 10.9. The molecule has 1 aliphatic rings. The van der Waals surface area contributed by atoms with Crippen molar-refractivity contribution in [2.75, 3.05) is 0 Å². The molecule has 0 spiro atoms. The minimum atomic E-state index is -0.331. The number of rotatable bonds is 3. The second kappa shape index (κ2) is 5.19. The predicted octanol–water partition coefficient (Wildman–Crippen LogP) is 4.06. The average molecular weight is 252 g/mol. The molecule has 1 aliphatic heterocycles. The normalized spacial score (nSPS) is 17.0. The van der Waals surface area contributed by atoms with Crippen molar-refractivity contribution in [2.24, 2.45) is 0 Å². The molecule has 2 nitrogen and oxygen atoms in total. The van der Waals surface area contributed by atoms with Gasteiger partial charge in [-0.1, -0.05) is 55.5 Å². The molecule has 2 aromatic rings. The minimum absolute atomic E-state index is 0.331. The molecule has 0 aliphatic carbocycles.